The number of esters is 2. The van der Waals surface area contributed by atoms with Gasteiger partial charge in [-0.15, -0.1) is 0 Å². The zero-order valence-corrected chi connectivity index (χ0v) is 16.1. The van der Waals surface area contributed by atoms with Crippen molar-refractivity contribution < 1.29 is 23.8 Å². The molecule has 0 aliphatic heterocycles. The lowest BCUT2D eigenvalue weighted by Gasteiger charge is -2.36. The first-order valence-electron chi connectivity index (χ1n) is 9.37. The first kappa shape index (κ1) is 20.8. The Balaban J connectivity index is 1.77. The van der Waals surface area contributed by atoms with Crippen LogP contribution in [0.15, 0.2) is 24.3 Å². The molecule has 1 aliphatic carbocycles. The number of nitrogens with zero attached hydrogens (tertiary/aromatic N) is 1. The molecule has 1 aromatic rings. The van der Waals surface area contributed by atoms with Crippen LogP contribution < -0.4 is 4.74 Å². The standard InChI is InChI=1S/C21H27NO5/c1-14(2)17-9-8-15(3)10-19(17)27-21(24)13-26-20(23)12-25-18-7-5-4-6-16(18)11-22/h4-7,14-15,17,19H,8-10,12-13H2,1-3H3/t15-,17-,19-/m1/s1. The Morgan fingerprint density at radius 3 is 2.63 bits per heavy atom. The molecule has 0 N–H and O–H groups in total. The largest absolute Gasteiger partial charge is 0.481 e. The predicted octanol–water partition coefficient (Wildman–Crippen LogP) is 3.48. The number of rotatable bonds is 7. The molecular formula is C21H27NO5. The SMILES string of the molecule is CC(C)[C@H]1CC[C@@H](C)C[C@H]1OC(=O)COC(=O)COc1ccccc1C#N. The first-order chi connectivity index (χ1) is 12.9. The van der Waals surface area contributed by atoms with Crippen LogP contribution in [0.25, 0.3) is 0 Å². The Morgan fingerprint density at radius 1 is 1.19 bits per heavy atom. The molecule has 6 heteroatoms. The van der Waals surface area contributed by atoms with Crippen LogP contribution in [-0.4, -0.2) is 31.3 Å². The van der Waals surface area contributed by atoms with Gasteiger partial charge in [-0.3, -0.25) is 0 Å². The second-order valence-corrected chi connectivity index (χ2v) is 7.41. The number of para-hydroxylation sites is 1. The van der Waals surface area contributed by atoms with Gasteiger partial charge in [0.1, 0.15) is 17.9 Å². The van der Waals surface area contributed by atoms with E-state index in [0.29, 0.717) is 29.1 Å². The van der Waals surface area contributed by atoms with Gasteiger partial charge < -0.3 is 14.2 Å². The lowest BCUT2D eigenvalue weighted by molar-refractivity contribution is -0.167. The summed E-state index contributed by atoms with van der Waals surface area (Å²) in [6.07, 6.45) is 2.91. The van der Waals surface area contributed by atoms with Gasteiger partial charge in [-0.1, -0.05) is 39.3 Å². The van der Waals surface area contributed by atoms with Crippen LogP contribution in [0, 0.1) is 29.1 Å². The summed E-state index contributed by atoms with van der Waals surface area (Å²) < 4.78 is 15.8. The summed E-state index contributed by atoms with van der Waals surface area (Å²) in [4.78, 5) is 23.9. The molecule has 146 valence electrons. The molecule has 3 atom stereocenters. The molecular weight excluding hydrogens is 346 g/mol. The molecule has 0 radical (unpaired) electrons. The van der Waals surface area contributed by atoms with Crippen molar-refractivity contribution in [2.24, 2.45) is 17.8 Å². The van der Waals surface area contributed by atoms with Crippen molar-refractivity contribution >= 4 is 11.9 Å². The monoisotopic (exact) mass is 373 g/mol. The maximum Gasteiger partial charge on any atom is 0.344 e. The molecule has 2 rings (SSSR count). The normalized spacial score (nSPS) is 22.0. The fraction of sp³-hybridized carbons (Fsp3) is 0.571. The number of carbonyl (C=O) groups is 2. The zero-order chi connectivity index (χ0) is 19.8. The smallest absolute Gasteiger partial charge is 0.344 e. The highest BCUT2D eigenvalue weighted by Gasteiger charge is 2.33. The number of hydrogen-bond acceptors (Lipinski definition) is 6. The fourth-order valence-corrected chi connectivity index (χ4v) is 3.46. The van der Waals surface area contributed by atoms with Gasteiger partial charge in [0, 0.05) is 0 Å². The molecule has 1 saturated carbocycles. The molecule has 0 saturated heterocycles. The molecule has 0 aromatic heterocycles. The van der Waals surface area contributed by atoms with Crippen LogP contribution >= 0.6 is 0 Å². The van der Waals surface area contributed by atoms with E-state index in [2.05, 4.69) is 20.8 Å². The number of ether oxygens (including phenoxy) is 3. The van der Waals surface area contributed by atoms with Crippen molar-refractivity contribution in [3.8, 4) is 11.8 Å². The van der Waals surface area contributed by atoms with Crippen LogP contribution in [0.1, 0.15) is 45.6 Å². The predicted molar refractivity (Wildman–Crippen MR) is 98.8 cm³/mol. The summed E-state index contributed by atoms with van der Waals surface area (Å²) in [7, 11) is 0. The molecule has 1 aliphatic rings. The van der Waals surface area contributed by atoms with Crippen LogP contribution in [0.5, 0.6) is 5.75 Å². The van der Waals surface area contributed by atoms with Gasteiger partial charge in [0.2, 0.25) is 0 Å². The van der Waals surface area contributed by atoms with E-state index < -0.39 is 18.5 Å². The van der Waals surface area contributed by atoms with Gasteiger partial charge in [-0.05, 0) is 42.7 Å². The van der Waals surface area contributed by atoms with E-state index in [1.807, 2.05) is 6.07 Å². The van der Waals surface area contributed by atoms with Crippen molar-refractivity contribution in [2.45, 2.75) is 46.1 Å². The summed E-state index contributed by atoms with van der Waals surface area (Å²) in [5, 5.41) is 8.99. The van der Waals surface area contributed by atoms with Gasteiger partial charge in [-0.25, -0.2) is 9.59 Å². The summed E-state index contributed by atoms with van der Waals surface area (Å²) >= 11 is 0. The van der Waals surface area contributed by atoms with Crippen LogP contribution in [-0.2, 0) is 19.1 Å². The van der Waals surface area contributed by atoms with Gasteiger partial charge in [-0.2, -0.15) is 5.26 Å². The second-order valence-electron chi connectivity index (χ2n) is 7.41. The van der Waals surface area contributed by atoms with E-state index in [9.17, 15) is 9.59 Å². The molecule has 27 heavy (non-hydrogen) atoms. The maximum atomic E-state index is 12.1. The minimum Gasteiger partial charge on any atom is -0.481 e. The number of benzene rings is 1. The summed E-state index contributed by atoms with van der Waals surface area (Å²) in [6, 6.07) is 8.57. The third-order valence-electron chi connectivity index (χ3n) is 4.95. The van der Waals surface area contributed by atoms with Crippen molar-refractivity contribution in [1.29, 1.82) is 5.26 Å². The lowest BCUT2D eigenvalue weighted by atomic mass is 9.75. The molecule has 0 heterocycles. The Labute approximate surface area is 160 Å². The average Bonchev–Trinajstić information content (AvgIpc) is 2.64. The molecule has 1 fully saturated rings. The van der Waals surface area contributed by atoms with Crippen molar-refractivity contribution in [3.63, 3.8) is 0 Å². The highest BCUT2D eigenvalue weighted by molar-refractivity contribution is 5.77. The second kappa shape index (κ2) is 9.96. The average molecular weight is 373 g/mol. The number of hydrogen-bond donors (Lipinski definition) is 0. The van der Waals surface area contributed by atoms with Crippen LogP contribution in [0.2, 0.25) is 0 Å². The third kappa shape index (κ3) is 6.28. The van der Waals surface area contributed by atoms with Crippen molar-refractivity contribution in [2.75, 3.05) is 13.2 Å². The first-order valence-corrected chi connectivity index (χ1v) is 9.37. The summed E-state index contributed by atoms with van der Waals surface area (Å²) in [6.45, 7) is 5.63. The van der Waals surface area contributed by atoms with Gasteiger partial charge in [0.15, 0.2) is 13.2 Å². The van der Waals surface area contributed by atoms with Gasteiger partial charge in [0.05, 0.1) is 5.56 Å². The molecule has 1 aromatic carbocycles. The minimum atomic E-state index is -0.683. The molecule has 6 nitrogen and oxygen atoms in total. The Hall–Kier alpha value is -2.55. The van der Waals surface area contributed by atoms with E-state index in [1.165, 1.54) is 0 Å². The Kier molecular flexibility index (Phi) is 7.66. The van der Waals surface area contributed by atoms with Gasteiger partial charge >= 0.3 is 11.9 Å². The molecule has 0 spiro atoms. The quantitative estimate of drug-likeness (QED) is 0.680. The Morgan fingerprint density at radius 2 is 1.93 bits per heavy atom. The maximum absolute atomic E-state index is 12.1. The van der Waals surface area contributed by atoms with E-state index in [4.69, 9.17) is 19.5 Å². The third-order valence-corrected chi connectivity index (χ3v) is 4.95. The van der Waals surface area contributed by atoms with Crippen molar-refractivity contribution in [1.82, 2.24) is 0 Å². The van der Waals surface area contributed by atoms with Crippen LogP contribution in [0.4, 0.5) is 0 Å². The highest BCUT2D eigenvalue weighted by atomic mass is 16.6. The highest BCUT2D eigenvalue weighted by Crippen LogP contribution is 2.35. The fourth-order valence-electron chi connectivity index (χ4n) is 3.46. The van der Waals surface area contributed by atoms with E-state index in [-0.39, 0.29) is 12.7 Å². The van der Waals surface area contributed by atoms with Crippen molar-refractivity contribution in [3.05, 3.63) is 29.8 Å². The zero-order valence-electron chi connectivity index (χ0n) is 16.1. The van der Waals surface area contributed by atoms with Gasteiger partial charge in [0.25, 0.3) is 0 Å². The summed E-state index contributed by atoms with van der Waals surface area (Å²) in [5.41, 5.74) is 0.329. The summed E-state index contributed by atoms with van der Waals surface area (Å²) in [5.74, 6) is 0.380. The van der Waals surface area contributed by atoms with E-state index in [1.54, 1.807) is 24.3 Å². The lowest BCUT2D eigenvalue weighted by Crippen LogP contribution is -2.37. The number of nitriles is 1. The number of carbonyl (C=O) groups excluding carboxylic acids is 2. The van der Waals surface area contributed by atoms with Crippen LogP contribution in [0.3, 0.4) is 0 Å². The molecule has 0 bridgehead atoms. The minimum absolute atomic E-state index is 0.126. The molecule has 0 unspecified atom stereocenters. The van der Waals surface area contributed by atoms with E-state index in [0.717, 1.165) is 19.3 Å². The van der Waals surface area contributed by atoms with E-state index >= 15 is 0 Å². The topological polar surface area (TPSA) is 85.6 Å². The Bertz CT molecular complexity index is 694. The molecule has 0 amide bonds.